The summed E-state index contributed by atoms with van der Waals surface area (Å²) in [6.07, 6.45) is 1.34. The molecule has 0 fully saturated rings. The maximum atomic E-state index is 12.0. The van der Waals surface area contributed by atoms with Crippen molar-refractivity contribution in [1.82, 2.24) is 5.32 Å². The molecule has 0 aliphatic carbocycles. The molecule has 2 atom stereocenters. The summed E-state index contributed by atoms with van der Waals surface area (Å²) >= 11 is 0. The molecule has 0 bridgehead atoms. The Morgan fingerprint density at radius 3 is 2.50 bits per heavy atom. The molecule has 1 amide bonds. The highest BCUT2D eigenvalue weighted by Gasteiger charge is 2.17. The van der Waals surface area contributed by atoms with E-state index in [1.807, 2.05) is 31.2 Å². The number of rotatable bonds is 7. The zero-order valence-electron chi connectivity index (χ0n) is 12.8. The van der Waals surface area contributed by atoms with Crippen LogP contribution in [0.1, 0.15) is 52.1 Å². The molecule has 4 nitrogen and oxygen atoms in total. The van der Waals surface area contributed by atoms with Gasteiger partial charge in [0.25, 0.3) is 5.91 Å². The Hall–Kier alpha value is -1.55. The van der Waals surface area contributed by atoms with Crippen molar-refractivity contribution in [2.24, 2.45) is 5.73 Å². The molecule has 1 aromatic carbocycles. The minimum absolute atomic E-state index is 0.0488. The number of hydrogen-bond acceptors (Lipinski definition) is 3. The lowest BCUT2D eigenvalue weighted by molar-refractivity contribution is -0.128. The van der Waals surface area contributed by atoms with E-state index < -0.39 is 6.10 Å². The van der Waals surface area contributed by atoms with Gasteiger partial charge in [0.05, 0.1) is 0 Å². The molecule has 112 valence electrons. The van der Waals surface area contributed by atoms with Crippen LogP contribution in [-0.4, -0.2) is 18.1 Å². The Morgan fingerprint density at radius 2 is 1.95 bits per heavy atom. The van der Waals surface area contributed by atoms with Crippen molar-refractivity contribution in [3.63, 3.8) is 0 Å². The molecule has 3 N–H and O–H groups in total. The highest BCUT2D eigenvalue weighted by molar-refractivity contribution is 5.81. The van der Waals surface area contributed by atoms with E-state index >= 15 is 0 Å². The van der Waals surface area contributed by atoms with Crippen molar-refractivity contribution in [2.75, 3.05) is 0 Å². The Balaban J connectivity index is 2.63. The van der Waals surface area contributed by atoms with E-state index in [2.05, 4.69) is 19.2 Å². The lowest BCUT2D eigenvalue weighted by Gasteiger charge is -2.20. The standard InChI is InChI=1S/C16H26N2O2/c1-5-14(6-2)18-16(19)12(4)20-15-9-7-8-13(10-15)11(3)17/h7-12,14H,5-6,17H2,1-4H3,(H,18,19)/t11-,12?/m1/s1. The highest BCUT2D eigenvalue weighted by atomic mass is 16.5. The van der Waals surface area contributed by atoms with Gasteiger partial charge in [-0.3, -0.25) is 4.79 Å². The summed E-state index contributed by atoms with van der Waals surface area (Å²) in [5, 5.41) is 2.99. The monoisotopic (exact) mass is 278 g/mol. The third-order valence-electron chi connectivity index (χ3n) is 3.40. The second-order valence-corrected chi connectivity index (χ2v) is 5.14. The molecule has 1 rings (SSSR count). The van der Waals surface area contributed by atoms with Crippen molar-refractivity contribution >= 4 is 5.91 Å². The number of carbonyl (C=O) groups is 1. The second-order valence-electron chi connectivity index (χ2n) is 5.14. The van der Waals surface area contributed by atoms with E-state index in [-0.39, 0.29) is 18.0 Å². The smallest absolute Gasteiger partial charge is 0.260 e. The Kier molecular flexibility index (Phi) is 6.52. The van der Waals surface area contributed by atoms with E-state index in [9.17, 15) is 4.79 Å². The van der Waals surface area contributed by atoms with E-state index in [0.29, 0.717) is 5.75 Å². The summed E-state index contributed by atoms with van der Waals surface area (Å²) in [6.45, 7) is 7.80. The van der Waals surface area contributed by atoms with Crippen LogP contribution in [0.4, 0.5) is 0 Å². The van der Waals surface area contributed by atoms with Crippen LogP contribution in [0.5, 0.6) is 5.75 Å². The molecule has 0 saturated carbocycles. The molecule has 0 saturated heterocycles. The molecule has 0 aliphatic heterocycles. The molecular formula is C16H26N2O2. The van der Waals surface area contributed by atoms with Gasteiger partial charge in [0, 0.05) is 12.1 Å². The number of nitrogens with two attached hydrogens (primary N) is 1. The van der Waals surface area contributed by atoms with Crippen LogP contribution in [0.2, 0.25) is 0 Å². The van der Waals surface area contributed by atoms with Gasteiger partial charge in [-0.2, -0.15) is 0 Å². The third kappa shape index (κ3) is 4.85. The predicted octanol–water partition coefficient (Wildman–Crippen LogP) is 2.78. The molecule has 0 radical (unpaired) electrons. The quantitative estimate of drug-likeness (QED) is 0.806. The maximum Gasteiger partial charge on any atom is 0.260 e. The minimum Gasteiger partial charge on any atom is -0.481 e. The van der Waals surface area contributed by atoms with Crippen LogP contribution in [0.25, 0.3) is 0 Å². The first-order chi connectivity index (χ1) is 9.47. The predicted molar refractivity (Wildman–Crippen MR) is 81.6 cm³/mol. The Morgan fingerprint density at radius 1 is 1.30 bits per heavy atom. The molecule has 0 spiro atoms. The summed E-state index contributed by atoms with van der Waals surface area (Å²) in [7, 11) is 0. The fraction of sp³-hybridized carbons (Fsp3) is 0.562. The van der Waals surface area contributed by atoms with Crippen molar-refractivity contribution in [2.45, 2.75) is 58.7 Å². The number of carbonyl (C=O) groups excluding carboxylic acids is 1. The number of nitrogens with one attached hydrogen (secondary N) is 1. The summed E-state index contributed by atoms with van der Waals surface area (Å²) < 4.78 is 5.69. The van der Waals surface area contributed by atoms with Crippen molar-refractivity contribution in [3.8, 4) is 5.75 Å². The van der Waals surface area contributed by atoms with Gasteiger partial charge in [-0.15, -0.1) is 0 Å². The van der Waals surface area contributed by atoms with Gasteiger partial charge in [-0.25, -0.2) is 0 Å². The number of ether oxygens (including phenoxy) is 1. The lowest BCUT2D eigenvalue weighted by Crippen LogP contribution is -2.42. The van der Waals surface area contributed by atoms with Gasteiger partial charge in [-0.05, 0) is 44.4 Å². The topological polar surface area (TPSA) is 64.3 Å². The largest absolute Gasteiger partial charge is 0.481 e. The van der Waals surface area contributed by atoms with Gasteiger partial charge >= 0.3 is 0 Å². The molecule has 20 heavy (non-hydrogen) atoms. The van der Waals surface area contributed by atoms with Crippen LogP contribution < -0.4 is 15.8 Å². The fourth-order valence-electron chi connectivity index (χ4n) is 1.94. The SMILES string of the molecule is CCC(CC)NC(=O)C(C)Oc1cccc([C@@H](C)N)c1. The van der Waals surface area contributed by atoms with Crippen LogP contribution >= 0.6 is 0 Å². The lowest BCUT2D eigenvalue weighted by atomic mass is 10.1. The van der Waals surface area contributed by atoms with Crippen molar-refractivity contribution in [3.05, 3.63) is 29.8 Å². The number of hydrogen-bond donors (Lipinski definition) is 2. The molecule has 4 heteroatoms. The number of amides is 1. The molecule has 0 aliphatic rings. The maximum absolute atomic E-state index is 12.0. The van der Waals surface area contributed by atoms with Crippen LogP contribution in [0.3, 0.4) is 0 Å². The van der Waals surface area contributed by atoms with Gasteiger partial charge in [0.2, 0.25) is 0 Å². The summed E-state index contributed by atoms with van der Waals surface area (Å²) in [5.41, 5.74) is 6.84. The van der Waals surface area contributed by atoms with Crippen LogP contribution in [0, 0.1) is 0 Å². The van der Waals surface area contributed by atoms with Gasteiger partial charge in [-0.1, -0.05) is 26.0 Å². The third-order valence-corrected chi connectivity index (χ3v) is 3.40. The molecule has 1 unspecified atom stereocenters. The van der Waals surface area contributed by atoms with Crippen LogP contribution in [-0.2, 0) is 4.79 Å². The highest BCUT2D eigenvalue weighted by Crippen LogP contribution is 2.18. The normalized spacial score (nSPS) is 13.9. The molecule has 0 aromatic heterocycles. The molecule has 1 aromatic rings. The molecule has 0 heterocycles. The summed E-state index contributed by atoms with van der Waals surface area (Å²) in [6, 6.07) is 7.72. The average Bonchev–Trinajstić information content (AvgIpc) is 2.44. The first-order valence-electron chi connectivity index (χ1n) is 7.30. The fourth-order valence-corrected chi connectivity index (χ4v) is 1.94. The second kappa shape index (κ2) is 7.90. The van der Waals surface area contributed by atoms with Gasteiger partial charge < -0.3 is 15.8 Å². The molecular weight excluding hydrogens is 252 g/mol. The zero-order valence-corrected chi connectivity index (χ0v) is 12.8. The Labute approximate surface area is 121 Å². The van der Waals surface area contributed by atoms with Crippen LogP contribution in [0.15, 0.2) is 24.3 Å². The Bertz CT molecular complexity index is 428. The van der Waals surface area contributed by atoms with E-state index in [1.165, 1.54) is 0 Å². The average molecular weight is 278 g/mol. The van der Waals surface area contributed by atoms with E-state index in [4.69, 9.17) is 10.5 Å². The van der Waals surface area contributed by atoms with Gasteiger partial charge in [0.1, 0.15) is 5.75 Å². The van der Waals surface area contributed by atoms with Gasteiger partial charge in [0.15, 0.2) is 6.10 Å². The van der Waals surface area contributed by atoms with Crippen molar-refractivity contribution < 1.29 is 9.53 Å². The van der Waals surface area contributed by atoms with E-state index in [0.717, 1.165) is 18.4 Å². The zero-order chi connectivity index (χ0) is 15.1. The first-order valence-corrected chi connectivity index (χ1v) is 7.30. The van der Waals surface area contributed by atoms with Crippen molar-refractivity contribution in [1.29, 1.82) is 0 Å². The summed E-state index contributed by atoms with van der Waals surface area (Å²) in [4.78, 5) is 12.0. The number of benzene rings is 1. The first kappa shape index (κ1) is 16.5. The minimum atomic E-state index is -0.515. The van der Waals surface area contributed by atoms with E-state index in [1.54, 1.807) is 6.92 Å². The summed E-state index contributed by atoms with van der Waals surface area (Å²) in [5.74, 6) is 0.594.